The van der Waals surface area contributed by atoms with Crippen LogP contribution in [0.2, 0.25) is 0 Å². The summed E-state index contributed by atoms with van der Waals surface area (Å²) in [5.41, 5.74) is 6.00. The van der Waals surface area contributed by atoms with Gasteiger partial charge in [-0.3, -0.25) is 0 Å². The molecule has 0 amide bonds. The first-order chi connectivity index (χ1) is 14.3. The molecule has 3 heterocycles. The monoisotopic (exact) mass is 397 g/mol. The summed E-state index contributed by atoms with van der Waals surface area (Å²) in [4.78, 5) is 5.71. The summed E-state index contributed by atoms with van der Waals surface area (Å²) in [5, 5.41) is 17.3. The maximum Gasteiger partial charge on any atom is 0.218 e. The molecule has 4 nitrogen and oxygen atoms in total. The van der Waals surface area contributed by atoms with Gasteiger partial charge in [0.15, 0.2) is 5.65 Å². The maximum atomic E-state index is 10.7. The molecule has 1 N–H and O–H groups in total. The number of benzene rings is 2. The first kappa shape index (κ1) is 17.6. The highest BCUT2D eigenvalue weighted by molar-refractivity contribution is 7.14. The number of hydrogen-bond acceptors (Lipinski definition) is 4. The predicted octanol–water partition coefficient (Wildman–Crippen LogP) is 5.62. The van der Waals surface area contributed by atoms with E-state index in [0.29, 0.717) is 12.1 Å². The van der Waals surface area contributed by atoms with Gasteiger partial charge in [0.05, 0.1) is 11.8 Å². The van der Waals surface area contributed by atoms with Crippen molar-refractivity contribution in [3.63, 3.8) is 0 Å². The molecule has 0 aliphatic carbocycles. The minimum Gasteiger partial charge on any atom is -0.493 e. The van der Waals surface area contributed by atoms with Crippen LogP contribution in [0, 0.1) is 0 Å². The molecule has 0 aliphatic heterocycles. The van der Waals surface area contributed by atoms with Crippen molar-refractivity contribution in [1.29, 1.82) is 0 Å². The van der Waals surface area contributed by atoms with E-state index in [1.54, 1.807) is 23.7 Å². The summed E-state index contributed by atoms with van der Waals surface area (Å²) in [6, 6.07) is 22.7. The fourth-order valence-corrected chi connectivity index (χ4v) is 4.41. The molecular weight excluding hydrogens is 378 g/mol. The molecule has 3 aromatic heterocycles. The number of fused-ring (bicyclic) bond motifs is 1. The van der Waals surface area contributed by atoms with Gasteiger partial charge >= 0.3 is 0 Å². The Labute approximate surface area is 172 Å². The van der Waals surface area contributed by atoms with Crippen molar-refractivity contribution in [3.05, 3.63) is 95.6 Å². The number of aromatic hydroxyl groups is 1. The molecule has 0 atom stereocenters. The molecule has 5 rings (SSSR count). The van der Waals surface area contributed by atoms with Crippen LogP contribution >= 0.6 is 11.3 Å². The molecule has 0 spiro atoms. The average molecular weight is 398 g/mol. The third-order valence-electron chi connectivity index (χ3n) is 5.07. The van der Waals surface area contributed by atoms with E-state index in [1.807, 2.05) is 36.4 Å². The first-order valence-electron chi connectivity index (χ1n) is 9.52. The normalized spacial score (nSPS) is 11.2. The highest BCUT2D eigenvalue weighted by Gasteiger charge is 2.15. The summed E-state index contributed by atoms with van der Waals surface area (Å²) >= 11 is 1.66. The largest absolute Gasteiger partial charge is 0.493 e. The zero-order chi connectivity index (χ0) is 19.6. The van der Waals surface area contributed by atoms with Crippen molar-refractivity contribution in [2.24, 2.45) is 0 Å². The van der Waals surface area contributed by atoms with E-state index in [2.05, 4.69) is 45.8 Å². The topological polar surface area (TPSA) is 50.4 Å². The molecule has 5 heteroatoms. The second kappa shape index (κ2) is 7.53. The van der Waals surface area contributed by atoms with Crippen molar-refractivity contribution >= 4 is 17.0 Å². The third-order valence-corrected chi connectivity index (χ3v) is 6.04. The molecule has 0 fully saturated rings. The van der Waals surface area contributed by atoms with Gasteiger partial charge in [0.2, 0.25) is 5.88 Å². The number of aromatic nitrogens is 3. The summed E-state index contributed by atoms with van der Waals surface area (Å²) in [6.07, 6.45) is 5.11. The minimum atomic E-state index is 0.164. The Balaban J connectivity index is 1.45. The van der Waals surface area contributed by atoms with E-state index < -0.39 is 0 Å². The van der Waals surface area contributed by atoms with Gasteiger partial charge in [-0.2, -0.15) is 9.61 Å². The molecule has 0 unspecified atom stereocenters. The molecule has 29 heavy (non-hydrogen) atoms. The highest BCUT2D eigenvalue weighted by atomic mass is 32.1. The van der Waals surface area contributed by atoms with Crippen molar-refractivity contribution in [1.82, 2.24) is 14.6 Å². The second-order valence-electron chi connectivity index (χ2n) is 6.95. The van der Waals surface area contributed by atoms with Gasteiger partial charge in [-0.15, -0.1) is 11.3 Å². The van der Waals surface area contributed by atoms with Crippen molar-refractivity contribution < 1.29 is 5.11 Å². The molecule has 142 valence electrons. The molecule has 0 bridgehead atoms. The zero-order valence-electron chi connectivity index (χ0n) is 15.7. The van der Waals surface area contributed by atoms with E-state index in [4.69, 9.17) is 0 Å². The fourth-order valence-electron chi connectivity index (χ4n) is 3.49. The van der Waals surface area contributed by atoms with Crippen LogP contribution in [0.15, 0.2) is 84.5 Å². The van der Waals surface area contributed by atoms with Crippen LogP contribution in [0.4, 0.5) is 0 Å². The summed E-state index contributed by atoms with van der Waals surface area (Å²) in [5.74, 6) is 0.164. The highest BCUT2D eigenvalue weighted by Crippen LogP contribution is 2.35. The van der Waals surface area contributed by atoms with Gasteiger partial charge in [-0.1, -0.05) is 60.7 Å². The molecule has 5 aromatic rings. The average Bonchev–Trinajstić information content (AvgIpc) is 3.42. The Morgan fingerprint density at radius 3 is 2.41 bits per heavy atom. The van der Waals surface area contributed by atoms with Gasteiger partial charge in [0.25, 0.3) is 0 Å². The van der Waals surface area contributed by atoms with E-state index in [-0.39, 0.29) is 5.88 Å². The minimum absolute atomic E-state index is 0.164. The van der Waals surface area contributed by atoms with Crippen molar-refractivity contribution in [2.75, 3.05) is 0 Å². The summed E-state index contributed by atoms with van der Waals surface area (Å²) in [7, 11) is 0. The number of nitrogens with zero attached hydrogens (tertiary/aromatic N) is 3. The van der Waals surface area contributed by atoms with Gasteiger partial charge in [0, 0.05) is 16.6 Å². The lowest BCUT2D eigenvalue weighted by Crippen LogP contribution is -1.99. The van der Waals surface area contributed by atoms with Crippen LogP contribution in [0.1, 0.15) is 11.1 Å². The summed E-state index contributed by atoms with van der Waals surface area (Å²) in [6.45, 7) is 0. The zero-order valence-corrected chi connectivity index (χ0v) is 16.5. The lowest BCUT2D eigenvalue weighted by atomic mass is 10.1. The lowest BCUT2D eigenvalue weighted by molar-refractivity contribution is 0.427. The van der Waals surface area contributed by atoms with Crippen LogP contribution < -0.4 is 0 Å². The Kier molecular flexibility index (Phi) is 4.58. The summed E-state index contributed by atoms with van der Waals surface area (Å²) < 4.78 is 1.54. The van der Waals surface area contributed by atoms with E-state index in [1.165, 1.54) is 21.2 Å². The SMILES string of the molecule is Oc1c(CCc2ccccc2)cnc2c(-c3cc(-c4ccccc4)cs3)cnn12. The smallest absolute Gasteiger partial charge is 0.218 e. The number of aryl methyl sites for hydroxylation is 2. The van der Waals surface area contributed by atoms with E-state index in [0.717, 1.165) is 22.4 Å². The standard InChI is InChI=1S/C24H19N3OS/c28-24-19(12-11-17-7-3-1-4-8-17)14-25-23-21(15-26-27(23)24)22-13-20(16-29-22)18-9-5-2-6-10-18/h1-10,13-16,28H,11-12H2. The van der Waals surface area contributed by atoms with Crippen molar-refractivity contribution in [3.8, 4) is 27.4 Å². The van der Waals surface area contributed by atoms with Crippen LogP contribution in [0.3, 0.4) is 0 Å². The van der Waals surface area contributed by atoms with Crippen LogP contribution in [-0.4, -0.2) is 19.7 Å². The van der Waals surface area contributed by atoms with Crippen molar-refractivity contribution in [2.45, 2.75) is 12.8 Å². The lowest BCUT2D eigenvalue weighted by Gasteiger charge is -2.06. The third kappa shape index (κ3) is 3.41. The Hall–Kier alpha value is -3.44. The Bertz CT molecular complexity index is 1260. The predicted molar refractivity (Wildman–Crippen MR) is 117 cm³/mol. The van der Waals surface area contributed by atoms with Crippen LogP contribution in [0.25, 0.3) is 27.2 Å². The quantitative estimate of drug-likeness (QED) is 0.419. The van der Waals surface area contributed by atoms with E-state index in [9.17, 15) is 5.11 Å². The molecular formula is C24H19N3OS. The van der Waals surface area contributed by atoms with Gasteiger partial charge in [0.1, 0.15) is 0 Å². The number of rotatable bonds is 5. The maximum absolute atomic E-state index is 10.7. The number of hydrogen-bond donors (Lipinski definition) is 1. The number of thiophene rings is 1. The van der Waals surface area contributed by atoms with Gasteiger partial charge in [-0.25, -0.2) is 4.98 Å². The Morgan fingerprint density at radius 2 is 1.62 bits per heavy atom. The molecule has 0 saturated carbocycles. The molecule has 2 aromatic carbocycles. The van der Waals surface area contributed by atoms with E-state index >= 15 is 0 Å². The fraction of sp³-hybridized carbons (Fsp3) is 0.0833. The van der Waals surface area contributed by atoms with Crippen LogP contribution in [-0.2, 0) is 12.8 Å². The molecule has 0 saturated heterocycles. The first-order valence-corrected chi connectivity index (χ1v) is 10.4. The molecule has 0 radical (unpaired) electrons. The second-order valence-corrected chi connectivity index (χ2v) is 7.86. The van der Waals surface area contributed by atoms with Gasteiger partial charge < -0.3 is 5.11 Å². The molecule has 0 aliphatic rings. The van der Waals surface area contributed by atoms with Crippen LogP contribution in [0.5, 0.6) is 5.88 Å². The Morgan fingerprint density at radius 1 is 0.862 bits per heavy atom. The van der Waals surface area contributed by atoms with Gasteiger partial charge in [-0.05, 0) is 41.0 Å².